The lowest BCUT2D eigenvalue weighted by Gasteiger charge is -2.38. The summed E-state index contributed by atoms with van der Waals surface area (Å²) >= 11 is 0. The zero-order valence-corrected chi connectivity index (χ0v) is 12.9. The van der Waals surface area contributed by atoms with Gasteiger partial charge in [-0.25, -0.2) is 0 Å². The summed E-state index contributed by atoms with van der Waals surface area (Å²) in [5, 5.41) is 3.53. The van der Waals surface area contributed by atoms with Crippen molar-refractivity contribution >= 4 is 5.96 Å². The van der Waals surface area contributed by atoms with Gasteiger partial charge in [0.25, 0.3) is 0 Å². The van der Waals surface area contributed by atoms with Crippen LogP contribution in [-0.2, 0) is 0 Å². The molecule has 4 nitrogen and oxygen atoms in total. The third-order valence-corrected chi connectivity index (χ3v) is 4.97. The van der Waals surface area contributed by atoms with Gasteiger partial charge in [-0.2, -0.15) is 0 Å². The van der Waals surface area contributed by atoms with E-state index in [9.17, 15) is 0 Å². The normalized spacial score (nSPS) is 22.1. The molecule has 0 bridgehead atoms. The highest BCUT2D eigenvalue weighted by Crippen LogP contribution is 2.47. The Hall–Kier alpha value is -0.770. The summed E-state index contributed by atoms with van der Waals surface area (Å²) in [6, 6.07) is 0. The molecule has 2 aliphatic rings. The minimum Gasteiger partial charge on any atom is -0.355 e. The molecule has 0 aromatic rings. The second-order valence-corrected chi connectivity index (χ2v) is 6.03. The molecule has 0 amide bonds. The third-order valence-electron chi connectivity index (χ3n) is 4.97. The number of hydrogen-bond acceptors (Lipinski definition) is 2. The minimum atomic E-state index is 0.649. The Balaban J connectivity index is 1.75. The molecule has 1 spiro atoms. The zero-order valence-electron chi connectivity index (χ0n) is 12.9. The summed E-state index contributed by atoms with van der Waals surface area (Å²) in [6.07, 6.45) is 5.66. The number of rotatable bonds is 5. The monoisotopic (exact) mass is 266 g/mol. The van der Waals surface area contributed by atoms with E-state index in [0.29, 0.717) is 5.41 Å². The summed E-state index contributed by atoms with van der Waals surface area (Å²) in [6.45, 7) is 11.2. The Morgan fingerprint density at radius 2 is 2.00 bits per heavy atom. The second kappa shape index (κ2) is 6.60. The Kier molecular flexibility index (Phi) is 5.08. The number of aliphatic imine (C=N–C) groups is 1. The molecule has 19 heavy (non-hydrogen) atoms. The molecule has 1 N–H and O–H groups in total. The van der Waals surface area contributed by atoms with Gasteiger partial charge in [-0.05, 0) is 37.8 Å². The maximum absolute atomic E-state index is 4.46. The number of likely N-dealkylation sites (N-methyl/N-ethyl adjacent to an activating group) is 1. The highest BCUT2D eigenvalue weighted by molar-refractivity contribution is 5.80. The van der Waals surface area contributed by atoms with E-state index in [4.69, 9.17) is 0 Å². The number of nitrogens with one attached hydrogen (secondary N) is 1. The highest BCUT2D eigenvalue weighted by Gasteiger charge is 2.43. The lowest BCUT2D eigenvalue weighted by atomic mass is 9.68. The van der Waals surface area contributed by atoms with Crippen LogP contribution in [0, 0.1) is 5.41 Å². The van der Waals surface area contributed by atoms with Crippen LogP contribution < -0.4 is 5.32 Å². The summed E-state index contributed by atoms with van der Waals surface area (Å²) < 4.78 is 0. The first-order chi connectivity index (χ1) is 9.23. The summed E-state index contributed by atoms with van der Waals surface area (Å²) in [5.41, 5.74) is 0.649. The number of nitrogens with zero attached hydrogens (tertiary/aromatic N) is 3. The molecule has 0 aromatic carbocycles. The fourth-order valence-corrected chi connectivity index (χ4v) is 3.40. The van der Waals surface area contributed by atoms with E-state index < -0.39 is 0 Å². The van der Waals surface area contributed by atoms with Gasteiger partial charge in [0.1, 0.15) is 0 Å². The molecule has 1 saturated heterocycles. The number of likely N-dealkylation sites (tertiary alicyclic amines) is 1. The predicted molar refractivity (Wildman–Crippen MR) is 81.6 cm³/mol. The third kappa shape index (κ3) is 3.41. The molecule has 2 rings (SSSR count). The van der Waals surface area contributed by atoms with Crippen LogP contribution in [0.1, 0.15) is 39.5 Å². The molecular formula is C15H30N4. The first kappa shape index (κ1) is 14.6. The fourth-order valence-electron chi connectivity index (χ4n) is 3.40. The van der Waals surface area contributed by atoms with Gasteiger partial charge < -0.3 is 15.1 Å². The van der Waals surface area contributed by atoms with Crippen LogP contribution in [0.5, 0.6) is 0 Å². The number of guanidine groups is 1. The molecule has 2 fully saturated rings. The SMILES string of the molecule is CCN(CC)CCNC(=NC)N1CCC2(CCC2)C1. The minimum absolute atomic E-state index is 0.649. The van der Waals surface area contributed by atoms with Gasteiger partial charge >= 0.3 is 0 Å². The average molecular weight is 266 g/mol. The Morgan fingerprint density at radius 3 is 2.47 bits per heavy atom. The van der Waals surface area contributed by atoms with E-state index in [0.717, 1.165) is 32.1 Å². The van der Waals surface area contributed by atoms with E-state index in [1.54, 1.807) is 0 Å². The van der Waals surface area contributed by atoms with E-state index in [2.05, 4.69) is 34.0 Å². The molecule has 4 heteroatoms. The maximum Gasteiger partial charge on any atom is 0.193 e. The molecule has 1 saturated carbocycles. The van der Waals surface area contributed by atoms with Crippen molar-refractivity contribution in [3.8, 4) is 0 Å². The largest absolute Gasteiger partial charge is 0.355 e. The molecule has 0 aromatic heterocycles. The van der Waals surface area contributed by atoms with Crippen LogP contribution in [0.15, 0.2) is 4.99 Å². The van der Waals surface area contributed by atoms with Crippen molar-refractivity contribution in [1.82, 2.24) is 15.1 Å². The van der Waals surface area contributed by atoms with Crippen LogP contribution in [0.3, 0.4) is 0 Å². The van der Waals surface area contributed by atoms with Crippen LogP contribution in [-0.4, -0.2) is 62.1 Å². The summed E-state index contributed by atoms with van der Waals surface area (Å²) in [4.78, 5) is 9.36. The van der Waals surface area contributed by atoms with Crippen molar-refractivity contribution in [2.45, 2.75) is 39.5 Å². The van der Waals surface area contributed by atoms with E-state index in [-0.39, 0.29) is 0 Å². The van der Waals surface area contributed by atoms with Gasteiger partial charge in [-0.1, -0.05) is 20.3 Å². The van der Waals surface area contributed by atoms with Gasteiger partial charge in [0.05, 0.1) is 0 Å². The molecule has 0 unspecified atom stereocenters. The van der Waals surface area contributed by atoms with Crippen molar-refractivity contribution in [3.63, 3.8) is 0 Å². The van der Waals surface area contributed by atoms with Gasteiger partial charge in [-0.3, -0.25) is 4.99 Å². The number of hydrogen-bond donors (Lipinski definition) is 1. The smallest absolute Gasteiger partial charge is 0.193 e. The zero-order chi connectivity index (χ0) is 13.7. The van der Waals surface area contributed by atoms with E-state index in [1.807, 2.05) is 7.05 Å². The lowest BCUT2D eigenvalue weighted by molar-refractivity contribution is 0.151. The first-order valence-electron chi connectivity index (χ1n) is 7.91. The Morgan fingerprint density at radius 1 is 1.26 bits per heavy atom. The molecule has 1 heterocycles. The van der Waals surface area contributed by atoms with Crippen molar-refractivity contribution in [2.24, 2.45) is 10.4 Å². The van der Waals surface area contributed by atoms with Crippen molar-refractivity contribution in [2.75, 3.05) is 46.3 Å². The average Bonchev–Trinajstić information content (AvgIpc) is 2.84. The van der Waals surface area contributed by atoms with E-state index >= 15 is 0 Å². The lowest BCUT2D eigenvalue weighted by Crippen LogP contribution is -2.44. The highest BCUT2D eigenvalue weighted by atomic mass is 15.3. The summed E-state index contributed by atoms with van der Waals surface area (Å²) in [5.74, 6) is 1.11. The van der Waals surface area contributed by atoms with Crippen molar-refractivity contribution in [1.29, 1.82) is 0 Å². The van der Waals surface area contributed by atoms with Crippen molar-refractivity contribution < 1.29 is 0 Å². The standard InChI is InChI=1S/C15H30N4/c1-4-18(5-2)12-10-17-14(16-3)19-11-9-15(13-19)7-6-8-15/h4-13H2,1-3H3,(H,16,17). The molecule has 110 valence electrons. The molecule has 0 atom stereocenters. The predicted octanol–water partition coefficient (Wildman–Crippen LogP) is 1.78. The Labute approximate surface area is 118 Å². The van der Waals surface area contributed by atoms with Crippen LogP contribution >= 0.6 is 0 Å². The Bertz CT molecular complexity index is 305. The van der Waals surface area contributed by atoms with Crippen LogP contribution in [0.25, 0.3) is 0 Å². The van der Waals surface area contributed by atoms with Gasteiger partial charge in [0.15, 0.2) is 5.96 Å². The maximum atomic E-state index is 4.46. The van der Waals surface area contributed by atoms with Gasteiger partial charge in [0, 0.05) is 33.2 Å². The molecular weight excluding hydrogens is 236 g/mol. The summed E-state index contributed by atoms with van der Waals surface area (Å²) in [7, 11) is 1.91. The van der Waals surface area contributed by atoms with Gasteiger partial charge in [-0.15, -0.1) is 0 Å². The first-order valence-corrected chi connectivity index (χ1v) is 7.91. The van der Waals surface area contributed by atoms with Crippen LogP contribution in [0.4, 0.5) is 0 Å². The fraction of sp³-hybridized carbons (Fsp3) is 0.933. The topological polar surface area (TPSA) is 30.9 Å². The molecule has 1 aliphatic heterocycles. The van der Waals surface area contributed by atoms with E-state index in [1.165, 1.54) is 38.8 Å². The van der Waals surface area contributed by atoms with Crippen molar-refractivity contribution in [3.05, 3.63) is 0 Å². The quantitative estimate of drug-likeness (QED) is 0.608. The molecule has 0 radical (unpaired) electrons. The second-order valence-electron chi connectivity index (χ2n) is 6.03. The molecule has 1 aliphatic carbocycles. The van der Waals surface area contributed by atoms with Gasteiger partial charge in [0.2, 0.25) is 0 Å². The van der Waals surface area contributed by atoms with Crippen LogP contribution in [0.2, 0.25) is 0 Å².